The van der Waals surface area contributed by atoms with Crippen LogP contribution in [0.1, 0.15) is 22.8 Å². The number of rotatable bonds is 9. The van der Waals surface area contributed by atoms with Gasteiger partial charge in [0.1, 0.15) is 35.6 Å². The van der Waals surface area contributed by atoms with Crippen LogP contribution in [0.25, 0.3) is 11.1 Å². The average molecular weight is 544 g/mol. The first-order valence-electron chi connectivity index (χ1n) is 11.2. The fourth-order valence-electron chi connectivity index (χ4n) is 3.30. The van der Waals surface area contributed by atoms with Crippen LogP contribution in [0.2, 0.25) is 0 Å². The van der Waals surface area contributed by atoms with E-state index < -0.39 is 40.8 Å². The van der Waals surface area contributed by atoms with Crippen LogP contribution in [0.4, 0.5) is 13.6 Å². The van der Waals surface area contributed by atoms with Gasteiger partial charge in [-0.05, 0) is 47.2 Å². The Balaban J connectivity index is 1.84. The number of ether oxygens (including phenoxy) is 3. The maximum atomic E-state index is 14.4. The number of benzene rings is 3. The zero-order valence-electron chi connectivity index (χ0n) is 20.4. The minimum Gasteiger partial charge on any atom is -0.467 e. The van der Waals surface area contributed by atoms with Crippen LogP contribution >= 0.6 is 11.8 Å². The van der Waals surface area contributed by atoms with Crippen molar-refractivity contribution in [2.75, 3.05) is 12.9 Å². The summed E-state index contributed by atoms with van der Waals surface area (Å²) >= 11 is 0.570. The van der Waals surface area contributed by atoms with Gasteiger partial charge in [0, 0.05) is 24.3 Å². The highest BCUT2D eigenvalue weighted by Crippen LogP contribution is 2.30. The maximum Gasteiger partial charge on any atom is 0.372 e. The lowest BCUT2D eigenvalue weighted by Gasteiger charge is -2.15. The van der Waals surface area contributed by atoms with Crippen LogP contribution < -0.4 is 10.1 Å². The monoisotopic (exact) mass is 543 g/mol. The predicted molar refractivity (Wildman–Crippen MR) is 135 cm³/mol. The van der Waals surface area contributed by atoms with Crippen LogP contribution in [0, 0.1) is 11.6 Å². The molecular formula is C27H23F2NO7S. The van der Waals surface area contributed by atoms with Gasteiger partial charge in [0.2, 0.25) is 5.91 Å². The molecule has 0 saturated heterocycles. The van der Waals surface area contributed by atoms with Crippen LogP contribution in [-0.4, -0.2) is 42.1 Å². The lowest BCUT2D eigenvalue weighted by Crippen LogP contribution is -2.42. The Labute approximate surface area is 221 Å². The van der Waals surface area contributed by atoms with Crippen LogP contribution in [0.5, 0.6) is 5.75 Å². The number of methoxy groups -OCH3 is 1. The Bertz CT molecular complexity index is 1330. The second-order valence-corrected chi connectivity index (χ2v) is 8.79. The van der Waals surface area contributed by atoms with Gasteiger partial charge in [0.05, 0.1) is 7.11 Å². The van der Waals surface area contributed by atoms with E-state index in [0.29, 0.717) is 23.4 Å². The minimum atomic E-state index is -1.10. The van der Waals surface area contributed by atoms with E-state index in [0.717, 1.165) is 13.2 Å². The first-order chi connectivity index (χ1) is 18.2. The molecule has 0 aliphatic carbocycles. The standard InChI is InChI=1S/C27H23F2NO7S/c1-16(31)30-23(26(33)35-2)15-38-27(34)37-24-11-8-18(20-10-9-19(28)13-22(20)29)12-21(24)25(32)36-14-17-6-4-3-5-7-17/h3-13,23H,14-15H2,1-2H3,(H,30,31). The van der Waals surface area contributed by atoms with Crippen molar-refractivity contribution in [1.82, 2.24) is 5.32 Å². The van der Waals surface area contributed by atoms with Crippen molar-refractivity contribution in [2.24, 2.45) is 0 Å². The maximum absolute atomic E-state index is 14.4. The summed E-state index contributed by atoms with van der Waals surface area (Å²) in [6, 6.07) is 14.7. The molecule has 0 aromatic heterocycles. The molecule has 0 aliphatic rings. The van der Waals surface area contributed by atoms with Crippen molar-refractivity contribution in [3.8, 4) is 16.9 Å². The van der Waals surface area contributed by atoms with Gasteiger partial charge in [-0.3, -0.25) is 4.79 Å². The molecule has 198 valence electrons. The van der Waals surface area contributed by atoms with Gasteiger partial charge in [0.15, 0.2) is 0 Å². The van der Waals surface area contributed by atoms with E-state index in [2.05, 4.69) is 10.1 Å². The van der Waals surface area contributed by atoms with Crippen molar-refractivity contribution in [3.63, 3.8) is 0 Å². The fourth-order valence-corrected chi connectivity index (χ4v) is 3.97. The van der Waals surface area contributed by atoms with E-state index in [1.165, 1.54) is 31.2 Å². The molecule has 0 heterocycles. The number of nitrogens with one attached hydrogen (secondary N) is 1. The van der Waals surface area contributed by atoms with Gasteiger partial charge in [-0.2, -0.15) is 0 Å². The first kappa shape index (κ1) is 28.3. The first-order valence-corrected chi connectivity index (χ1v) is 12.2. The van der Waals surface area contributed by atoms with Gasteiger partial charge in [-0.25, -0.2) is 23.2 Å². The predicted octanol–water partition coefficient (Wildman–Crippen LogP) is 4.90. The van der Waals surface area contributed by atoms with Crippen LogP contribution in [-0.2, 0) is 25.7 Å². The molecule has 1 atom stereocenters. The molecule has 11 heteroatoms. The molecular weight excluding hydrogens is 520 g/mol. The second kappa shape index (κ2) is 13.3. The Morgan fingerprint density at radius 1 is 0.974 bits per heavy atom. The van der Waals surface area contributed by atoms with E-state index in [4.69, 9.17) is 9.47 Å². The van der Waals surface area contributed by atoms with Gasteiger partial charge in [-0.15, -0.1) is 0 Å². The Kier molecular flexibility index (Phi) is 9.94. The molecule has 38 heavy (non-hydrogen) atoms. The highest BCUT2D eigenvalue weighted by atomic mass is 32.2. The summed E-state index contributed by atoms with van der Waals surface area (Å²) in [5, 5.41) is 1.48. The summed E-state index contributed by atoms with van der Waals surface area (Å²) in [6.45, 7) is 1.13. The van der Waals surface area contributed by atoms with Gasteiger partial charge in [0.25, 0.3) is 0 Å². The van der Waals surface area contributed by atoms with E-state index in [1.807, 2.05) is 0 Å². The third-order valence-corrected chi connectivity index (χ3v) is 5.90. The quantitative estimate of drug-likeness (QED) is 0.380. The Hall–Kier alpha value is -4.25. The van der Waals surface area contributed by atoms with Crippen molar-refractivity contribution in [2.45, 2.75) is 19.6 Å². The second-order valence-electron chi connectivity index (χ2n) is 7.84. The fraction of sp³-hybridized carbons (Fsp3) is 0.185. The molecule has 8 nitrogen and oxygen atoms in total. The molecule has 3 aromatic carbocycles. The SMILES string of the molecule is COC(=O)C(CSC(=O)Oc1ccc(-c2ccc(F)cc2F)cc1C(=O)OCc1ccccc1)NC(C)=O. The number of carbonyl (C=O) groups is 4. The normalized spacial score (nSPS) is 11.3. The number of thioether (sulfide) groups is 1. The van der Waals surface area contributed by atoms with Gasteiger partial charge in [-0.1, -0.05) is 36.4 Å². The Morgan fingerprint density at radius 3 is 2.37 bits per heavy atom. The molecule has 3 aromatic rings. The number of hydrogen-bond acceptors (Lipinski definition) is 8. The molecule has 0 radical (unpaired) electrons. The van der Waals surface area contributed by atoms with Crippen molar-refractivity contribution in [1.29, 1.82) is 0 Å². The van der Waals surface area contributed by atoms with E-state index in [9.17, 15) is 28.0 Å². The van der Waals surface area contributed by atoms with Crippen molar-refractivity contribution < 1.29 is 42.2 Å². The van der Waals surface area contributed by atoms with Gasteiger partial charge < -0.3 is 19.5 Å². The van der Waals surface area contributed by atoms with E-state index >= 15 is 0 Å². The van der Waals surface area contributed by atoms with Crippen LogP contribution in [0.3, 0.4) is 0 Å². The summed E-state index contributed by atoms with van der Waals surface area (Å²) in [7, 11) is 1.14. The van der Waals surface area contributed by atoms with Gasteiger partial charge >= 0.3 is 17.2 Å². The minimum absolute atomic E-state index is 0.0204. The lowest BCUT2D eigenvalue weighted by atomic mass is 10.0. The lowest BCUT2D eigenvalue weighted by molar-refractivity contribution is -0.144. The summed E-state index contributed by atoms with van der Waals surface area (Å²) in [5.74, 6) is -4.09. The molecule has 3 rings (SSSR count). The molecule has 1 unspecified atom stereocenters. The number of esters is 2. The molecule has 0 fully saturated rings. The molecule has 0 aliphatic heterocycles. The number of amides is 1. The molecule has 0 spiro atoms. The van der Waals surface area contributed by atoms with Crippen molar-refractivity contribution >= 4 is 34.9 Å². The summed E-state index contributed by atoms with van der Waals surface area (Å²) in [6.07, 6.45) is 0. The number of halogens is 2. The molecule has 0 bridgehead atoms. The topological polar surface area (TPSA) is 108 Å². The highest BCUT2D eigenvalue weighted by Gasteiger charge is 2.24. The molecule has 1 amide bonds. The smallest absolute Gasteiger partial charge is 0.372 e. The summed E-state index contributed by atoms with van der Waals surface area (Å²) < 4.78 is 43.1. The summed E-state index contributed by atoms with van der Waals surface area (Å²) in [4.78, 5) is 48.7. The third kappa shape index (κ3) is 7.87. The highest BCUT2D eigenvalue weighted by molar-refractivity contribution is 8.13. The van der Waals surface area contributed by atoms with Crippen LogP contribution in [0.15, 0.2) is 66.7 Å². The number of carbonyl (C=O) groups excluding carboxylic acids is 4. The summed E-state index contributed by atoms with van der Waals surface area (Å²) in [5.41, 5.74) is 0.773. The zero-order valence-corrected chi connectivity index (χ0v) is 21.2. The average Bonchev–Trinajstić information content (AvgIpc) is 2.90. The number of hydrogen-bond donors (Lipinski definition) is 1. The van der Waals surface area contributed by atoms with E-state index in [1.54, 1.807) is 30.3 Å². The van der Waals surface area contributed by atoms with Crippen molar-refractivity contribution in [3.05, 3.63) is 89.5 Å². The molecule has 0 saturated carbocycles. The zero-order chi connectivity index (χ0) is 27.7. The Morgan fingerprint density at radius 2 is 1.71 bits per heavy atom. The largest absolute Gasteiger partial charge is 0.467 e. The molecule has 1 N–H and O–H groups in total. The third-order valence-electron chi connectivity index (χ3n) is 5.08. The van der Waals surface area contributed by atoms with E-state index in [-0.39, 0.29) is 34.8 Å².